The fourth-order valence-electron chi connectivity index (χ4n) is 1.44. The Morgan fingerprint density at radius 3 is 1.81 bits per heavy atom. The van der Waals surface area contributed by atoms with E-state index in [1.807, 2.05) is 0 Å². The van der Waals surface area contributed by atoms with Crippen molar-refractivity contribution in [3.05, 3.63) is 0 Å². The lowest BCUT2D eigenvalue weighted by Crippen LogP contribution is -2.59. The summed E-state index contributed by atoms with van der Waals surface area (Å²) in [7, 11) is -2.15. The highest BCUT2D eigenvalue weighted by molar-refractivity contribution is 6.64. The first-order valence-corrected chi connectivity index (χ1v) is 8.72. The topological polar surface area (TPSA) is 30.5 Å². The standard InChI is InChI=1S/C12H29NO2Si/c1-6-10-14-16(9-4,15-11-7-2)13-12(5)8-3/h12-13H,6-11H2,1-5H3. The van der Waals surface area contributed by atoms with Gasteiger partial charge in [0, 0.05) is 25.3 Å². The summed E-state index contributed by atoms with van der Waals surface area (Å²) in [4.78, 5) is 3.59. The highest BCUT2D eigenvalue weighted by Crippen LogP contribution is 2.13. The molecule has 3 nitrogen and oxygen atoms in total. The second-order valence-corrected chi connectivity index (χ2v) is 7.34. The number of rotatable bonds is 10. The van der Waals surface area contributed by atoms with Crippen molar-refractivity contribution in [1.29, 1.82) is 0 Å². The van der Waals surface area contributed by atoms with Crippen molar-refractivity contribution in [2.75, 3.05) is 13.2 Å². The molecule has 0 radical (unpaired) electrons. The molecule has 1 unspecified atom stereocenters. The molecule has 0 heterocycles. The lowest BCUT2D eigenvalue weighted by Gasteiger charge is -2.32. The maximum absolute atomic E-state index is 6.01. The van der Waals surface area contributed by atoms with Crippen molar-refractivity contribution in [2.45, 2.75) is 66.0 Å². The fraction of sp³-hybridized carbons (Fsp3) is 1.00. The van der Waals surface area contributed by atoms with E-state index in [2.05, 4.69) is 39.6 Å². The first-order chi connectivity index (χ1) is 7.64. The number of nitrogens with one attached hydrogen (secondary N) is 1. The summed E-state index contributed by atoms with van der Waals surface area (Å²) in [5.41, 5.74) is 0. The zero-order chi connectivity index (χ0) is 12.4. The van der Waals surface area contributed by atoms with E-state index in [9.17, 15) is 0 Å². The van der Waals surface area contributed by atoms with Crippen molar-refractivity contribution < 1.29 is 8.85 Å². The predicted octanol–water partition coefficient (Wildman–Crippen LogP) is 3.19. The largest absolute Gasteiger partial charge is 0.424 e. The SMILES string of the molecule is CCCO[Si](CC)(NC(C)CC)OCCC. The van der Waals surface area contributed by atoms with Crippen molar-refractivity contribution in [3.63, 3.8) is 0 Å². The summed E-state index contributed by atoms with van der Waals surface area (Å²) in [5.74, 6) is 0. The van der Waals surface area contributed by atoms with Crippen LogP contribution in [-0.2, 0) is 8.85 Å². The summed E-state index contributed by atoms with van der Waals surface area (Å²) in [6.45, 7) is 12.4. The lowest BCUT2D eigenvalue weighted by molar-refractivity contribution is 0.153. The third-order valence-corrected chi connectivity index (χ3v) is 5.83. The van der Waals surface area contributed by atoms with Gasteiger partial charge in [-0.2, -0.15) is 0 Å². The molecular weight excluding hydrogens is 218 g/mol. The molecule has 4 heteroatoms. The van der Waals surface area contributed by atoms with Crippen LogP contribution in [0.1, 0.15) is 53.9 Å². The summed E-state index contributed by atoms with van der Waals surface area (Å²) in [6.07, 6.45) is 3.21. The molecule has 0 saturated heterocycles. The van der Waals surface area contributed by atoms with Gasteiger partial charge in [0.1, 0.15) is 0 Å². The maximum Gasteiger partial charge on any atom is 0.424 e. The molecule has 0 amide bonds. The van der Waals surface area contributed by atoms with Crippen molar-refractivity contribution >= 4 is 8.72 Å². The van der Waals surface area contributed by atoms with Crippen molar-refractivity contribution in [3.8, 4) is 0 Å². The minimum Gasteiger partial charge on any atom is -0.383 e. The average Bonchev–Trinajstić information content (AvgIpc) is 2.32. The van der Waals surface area contributed by atoms with Crippen LogP contribution in [0.5, 0.6) is 0 Å². The van der Waals surface area contributed by atoms with E-state index in [0.717, 1.165) is 38.5 Å². The highest BCUT2D eigenvalue weighted by atomic mass is 28.4. The van der Waals surface area contributed by atoms with Crippen LogP contribution in [0.4, 0.5) is 0 Å². The van der Waals surface area contributed by atoms with E-state index in [-0.39, 0.29) is 0 Å². The Balaban J connectivity index is 4.39. The van der Waals surface area contributed by atoms with Gasteiger partial charge >= 0.3 is 8.72 Å². The van der Waals surface area contributed by atoms with Gasteiger partial charge in [-0.15, -0.1) is 0 Å². The van der Waals surface area contributed by atoms with Gasteiger partial charge in [-0.25, -0.2) is 0 Å². The quantitative estimate of drug-likeness (QED) is 0.601. The van der Waals surface area contributed by atoms with Crippen LogP contribution < -0.4 is 4.98 Å². The van der Waals surface area contributed by atoms with E-state index >= 15 is 0 Å². The van der Waals surface area contributed by atoms with Gasteiger partial charge in [0.2, 0.25) is 0 Å². The summed E-state index contributed by atoms with van der Waals surface area (Å²) in [6, 6.07) is 1.44. The van der Waals surface area contributed by atoms with Crippen molar-refractivity contribution in [2.24, 2.45) is 0 Å². The second kappa shape index (κ2) is 9.16. The molecule has 0 spiro atoms. The number of hydrogen-bond acceptors (Lipinski definition) is 3. The van der Waals surface area contributed by atoms with Gasteiger partial charge in [-0.1, -0.05) is 34.6 Å². The molecule has 0 bridgehead atoms. The van der Waals surface area contributed by atoms with Crippen LogP contribution in [0.25, 0.3) is 0 Å². The normalized spacial score (nSPS) is 14.1. The molecule has 0 saturated carbocycles. The van der Waals surface area contributed by atoms with Gasteiger partial charge in [-0.05, 0) is 19.3 Å². The monoisotopic (exact) mass is 247 g/mol. The minimum absolute atomic E-state index is 0.473. The molecule has 0 aromatic rings. The molecule has 98 valence electrons. The lowest BCUT2D eigenvalue weighted by atomic mass is 10.3. The Hall–Kier alpha value is 0.0969. The Morgan fingerprint density at radius 1 is 1.00 bits per heavy atom. The minimum atomic E-state index is -2.15. The third-order valence-electron chi connectivity index (χ3n) is 2.62. The first kappa shape index (κ1) is 16.1. The Bertz CT molecular complexity index is 159. The molecule has 1 atom stereocenters. The number of hydrogen-bond donors (Lipinski definition) is 1. The van der Waals surface area contributed by atoms with Crippen LogP contribution in [0.3, 0.4) is 0 Å². The van der Waals surface area contributed by atoms with Gasteiger partial charge in [0.05, 0.1) is 0 Å². The van der Waals surface area contributed by atoms with Crippen LogP contribution >= 0.6 is 0 Å². The summed E-state index contributed by atoms with van der Waals surface area (Å²) in [5, 5.41) is 0. The maximum atomic E-state index is 6.01. The molecular formula is C12H29NO2Si. The van der Waals surface area contributed by atoms with E-state index in [1.54, 1.807) is 0 Å². The Labute approximate surface area is 102 Å². The summed E-state index contributed by atoms with van der Waals surface area (Å²) < 4.78 is 12.0. The summed E-state index contributed by atoms with van der Waals surface area (Å²) >= 11 is 0. The highest BCUT2D eigenvalue weighted by Gasteiger charge is 2.37. The van der Waals surface area contributed by atoms with Gasteiger partial charge in [0.25, 0.3) is 0 Å². The molecule has 0 rings (SSSR count). The van der Waals surface area contributed by atoms with Crippen LogP contribution in [-0.4, -0.2) is 28.0 Å². The second-order valence-electron chi connectivity index (χ2n) is 4.26. The molecule has 0 aliphatic heterocycles. The van der Waals surface area contributed by atoms with E-state index in [0.29, 0.717) is 6.04 Å². The molecule has 0 fully saturated rings. The molecule has 0 aliphatic carbocycles. The van der Waals surface area contributed by atoms with E-state index < -0.39 is 8.72 Å². The Kier molecular flexibility index (Phi) is 9.22. The predicted molar refractivity (Wildman–Crippen MR) is 71.6 cm³/mol. The third kappa shape index (κ3) is 5.99. The van der Waals surface area contributed by atoms with Gasteiger partial charge in [0.15, 0.2) is 0 Å². The molecule has 0 aromatic heterocycles. The van der Waals surface area contributed by atoms with Crippen LogP contribution in [0.15, 0.2) is 0 Å². The fourth-order valence-corrected chi connectivity index (χ4v) is 4.33. The van der Waals surface area contributed by atoms with Crippen LogP contribution in [0.2, 0.25) is 6.04 Å². The van der Waals surface area contributed by atoms with E-state index in [1.165, 1.54) is 0 Å². The molecule has 0 aromatic carbocycles. The van der Waals surface area contributed by atoms with Crippen molar-refractivity contribution in [1.82, 2.24) is 4.98 Å². The van der Waals surface area contributed by atoms with Crippen LogP contribution in [0, 0.1) is 0 Å². The van der Waals surface area contributed by atoms with Gasteiger partial charge in [-0.3, -0.25) is 4.98 Å². The first-order valence-electron chi connectivity index (χ1n) is 6.69. The molecule has 0 aliphatic rings. The average molecular weight is 247 g/mol. The van der Waals surface area contributed by atoms with Gasteiger partial charge < -0.3 is 8.85 Å². The Morgan fingerprint density at radius 2 is 1.50 bits per heavy atom. The molecule has 1 N–H and O–H groups in total. The smallest absolute Gasteiger partial charge is 0.383 e. The zero-order valence-electron chi connectivity index (χ0n) is 11.6. The zero-order valence-corrected chi connectivity index (χ0v) is 12.6. The molecule has 16 heavy (non-hydrogen) atoms. The van der Waals surface area contributed by atoms with E-state index in [4.69, 9.17) is 8.85 Å².